The SMILES string of the molecule is C[C@H](NCc1cncc2ccccc12)c1ccccc1. The van der Waals surface area contributed by atoms with Crippen LogP contribution in [0.4, 0.5) is 0 Å². The summed E-state index contributed by atoms with van der Waals surface area (Å²) < 4.78 is 0. The zero-order valence-corrected chi connectivity index (χ0v) is 11.6. The van der Waals surface area contributed by atoms with E-state index in [1.807, 2.05) is 24.5 Å². The Labute approximate surface area is 119 Å². The normalized spacial score (nSPS) is 12.4. The lowest BCUT2D eigenvalue weighted by Crippen LogP contribution is -2.18. The molecule has 0 aliphatic carbocycles. The van der Waals surface area contributed by atoms with E-state index < -0.39 is 0 Å². The van der Waals surface area contributed by atoms with E-state index in [0.29, 0.717) is 6.04 Å². The van der Waals surface area contributed by atoms with Crippen molar-refractivity contribution in [3.05, 3.63) is 78.1 Å². The van der Waals surface area contributed by atoms with Gasteiger partial charge in [-0.05, 0) is 23.4 Å². The van der Waals surface area contributed by atoms with Crippen molar-refractivity contribution in [3.8, 4) is 0 Å². The molecule has 100 valence electrons. The third-order valence-electron chi connectivity index (χ3n) is 3.65. The van der Waals surface area contributed by atoms with Gasteiger partial charge in [-0.3, -0.25) is 4.98 Å². The van der Waals surface area contributed by atoms with Crippen molar-refractivity contribution in [1.82, 2.24) is 10.3 Å². The van der Waals surface area contributed by atoms with Gasteiger partial charge in [0.05, 0.1) is 0 Å². The van der Waals surface area contributed by atoms with Gasteiger partial charge in [0, 0.05) is 30.4 Å². The minimum absolute atomic E-state index is 0.329. The van der Waals surface area contributed by atoms with E-state index in [9.17, 15) is 0 Å². The number of pyridine rings is 1. The molecule has 0 amide bonds. The third-order valence-corrected chi connectivity index (χ3v) is 3.65. The van der Waals surface area contributed by atoms with Gasteiger partial charge in [0.2, 0.25) is 0 Å². The fraction of sp³-hybridized carbons (Fsp3) is 0.167. The van der Waals surface area contributed by atoms with Gasteiger partial charge in [-0.2, -0.15) is 0 Å². The molecule has 2 aromatic carbocycles. The summed E-state index contributed by atoms with van der Waals surface area (Å²) in [5.74, 6) is 0. The first-order chi connectivity index (χ1) is 9.84. The second-order valence-electron chi connectivity index (χ2n) is 5.03. The standard InChI is InChI=1S/C18H18N2/c1-14(15-7-3-2-4-8-15)20-13-17-12-19-11-16-9-5-6-10-18(16)17/h2-12,14,20H,13H2,1H3/t14-/m0/s1. The number of aromatic nitrogens is 1. The number of hydrogen-bond donors (Lipinski definition) is 1. The van der Waals surface area contributed by atoms with Crippen LogP contribution in [-0.2, 0) is 6.54 Å². The third kappa shape index (κ3) is 2.70. The smallest absolute Gasteiger partial charge is 0.0346 e. The van der Waals surface area contributed by atoms with Crippen molar-refractivity contribution in [1.29, 1.82) is 0 Å². The van der Waals surface area contributed by atoms with Gasteiger partial charge in [0.25, 0.3) is 0 Å². The molecule has 1 aromatic heterocycles. The molecule has 0 aliphatic rings. The van der Waals surface area contributed by atoms with Crippen molar-refractivity contribution in [3.63, 3.8) is 0 Å². The average molecular weight is 262 g/mol. The van der Waals surface area contributed by atoms with Gasteiger partial charge in [0.1, 0.15) is 0 Å². The Balaban J connectivity index is 1.77. The van der Waals surface area contributed by atoms with E-state index in [-0.39, 0.29) is 0 Å². The molecular formula is C18H18N2. The van der Waals surface area contributed by atoms with Crippen LogP contribution < -0.4 is 5.32 Å². The van der Waals surface area contributed by atoms with Gasteiger partial charge < -0.3 is 5.32 Å². The van der Waals surface area contributed by atoms with E-state index in [1.54, 1.807) is 0 Å². The molecule has 0 bridgehead atoms. The summed E-state index contributed by atoms with van der Waals surface area (Å²) in [7, 11) is 0. The maximum absolute atomic E-state index is 4.32. The summed E-state index contributed by atoms with van der Waals surface area (Å²) in [5.41, 5.74) is 2.55. The predicted octanol–water partition coefficient (Wildman–Crippen LogP) is 4.09. The van der Waals surface area contributed by atoms with Crippen LogP contribution in [0.5, 0.6) is 0 Å². The number of rotatable bonds is 4. The monoisotopic (exact) mass is 262 g/mol. The summed E-state index contributed by atoms with van der Waals surface area (Å²) in [5, 5.41) is 6.03. The summed E-state index contributed by atoms with van der Waals surface area (Å²) in [6.45, 7) is 3.01. The highest BCUT2D eigenvalue weighted by molar-refractivity contribution is 5.84. The van der Waals surface area contributed by atoms with E-state index in [2.05, 4.69) is 59.7 Å². The van der Waals surface area contributed by atoms with Crippen LogP contribution in [0.3, 0.4) is 0 Å². The van der Waals surface area contributed by atoms with Crippen LogP contribution in [-0.4, -0.2) is 4.98 Å². The summed E-state index contributed by atoms with van der Waals surface area (Å²) in [6, 6.07) is 19.2. The van der Waals surface area contributed by atoms with Crippen LogP contribution in [0.1, 0.15) is 24.1 Å². The Morgan fingerprint density at radius 1 is 0.950 bits per heavy atom. The van der Waals surface area contributed by atoms with E-state index >= 15 is 0 Å². The van der Waals surface area contributed by atoms with Crippen LogP contribution in [0.2, 0.25) is 0 Å². The second kappa shape index (κ2) is 5.85. The van der Waals surface area contributed by atoms with Crippen molar-refractivity contribution in [2.45, 2.75) is 19.5 Å². The number of fused-ring (bicyclic) bond motifs is 1. The summed E-state index contributed by atoms with van der Waals surface area (Å²) in [6.07, 6.45) is 3.87. The highest BCUT2D eigenvalue weighted by Crippen LogP contribution is 2.18. The molecule has 2 heteroatoms. The van der Waals surface area contributed by atoms with E-state index in [0.717, 1.165) is 6.54 Å². The number of benzene rings is 2. The molecule has 20 heavy (non-hydrogen) atoms. The molecule has 0 unspecified atom stereocenters. The van der Waals surface area contributed by atoms with Crippen molar-refractivity contribution in [2.75, 3.05) is 0 Å². The fourth-order valence-electron chi connectivity index (χ4n) is 2.44. The average Bonchev–Trinajstić information content (AvgIpc) is 2.53. The summed E-state index contributed by atoms with van der Waals surface area (Å²) in [4.78, 5) is 4.32. The number of nitrogens with one attached hydrogen (secondary N) is 1. The van der Waals surface area contributed by atoms with E-state index in [1.165, 1.54) is 21.9 Å². The maximum atomic E-state index is 4.32. The minimum atomic E-state index is 0.329. The first-order valence-electron chi connectivity index (χ1n) is 6.94. The Morgan fingerprint density at radius 2 is 1.70 bits per heavy atom. The fourth-order valence-corrected chi connectivity index (χ4v) is 2.44. The Morgan fingerprint density at radius 3 is 2.55 bits per heavy atom. The second-order valence-corrected chi connectivity index (χ2v) is 5.03. The van der Waals surface area contributed by atoms with E-state index in [4.69, 9.17) is 0 Å². The molecule has 1 heterocycles. The van der Waals surface area contributed by atoms with Gasteiger partial charge in [-0.25, -0.2) is 0 Å². The molecule has 1 N–H and O–H groups in total. The highest BCUT2D eigenvalue weighted by Gasteiger charge is 2.06. The molecule has 0 aliphatic heterocycles. The Kier molecular flexibility index (Phi) is 3.75. The maximum Gasteiger partial charge on any atom is 0.0346 e. The largest absolute Gasteiger partial charge is 0.306 e. The Hall–Kier alpha value is -2.19. The van der Waals surface area contributed by atoms with Crippen molar-refractivity contribution >= 4 is 10.8 Å². The van der Waals surface area contributed by atoms with Crippen molar-refractivity contribution in [2.24, 2.45) is 0 Å². The van der Waals surface area contributed by atoms with Gasteiger partial charge in [-0.1, -0.05) is 54.6 Å². The van der Waals surface area contributed by atoms with Gasteiger partial charge in [-0.15, -0.1) is 0 Å². The molecule has 3 rings (SSSR count). The van der Waals surface area contributed by atoms with Crippen LogP contribution in [0.15, 0.2) is 67.0 Å². The lowest BCUT2D eigenvalue weighted by molar-refractivity contribution is 0.576. The molecule has 0 saturated carbocycles. The molecule has 1 atom stereocenters. The number of nitrogens with zero attached hydrogens (tertiary/aromatic N) is 1. The number of hydrogen-bond acceptors (Lipinski definition) is 2. The molecule has 0 saturated heterocycles. The zero-order chi connectivity index (χ0) is 13.8. The van der Waals surface area contributed by atoms with Crippen LogP contribution in [0.25, 0.3) is 10.8 Å². The molecular weight excluding hydrogens is 244 g/mol. The van der Waals surface area contributed by atoms with Crippen LogP contribution in [0, 0.1) is 0 Å². The quantitative estimate of drug-likeness (QED) is 0.766. The van der Waals surface area contributed by atoms with Crippen molar-refractivity contribution < 1.29 is 0 Å². The topological polar surface area (TPSA) is 24.9 Å². The van der Waals surface area contributed by atoms with Gasteiger partial charge in [0.15, 0.2) is 0 Å². The lowest BCUT2D eigenvalue weighted by Gasteiger charge is -2.15. The first-order valence-corrected chi connectivity index (χ1v) is 6.94. The predicted molar refractivity (Wildman–Crippen MR) is 83.4 cm³/mol. The molecule has 0 fully saturated rings. The first kappa shape index (κ1) is 12.8. The minimum Gasteiger partial charge on any atom is -0.306 e. The highest BCUT2D eigenvalue weighted by atomic mass is 14.9. The molecule has 3 aromatic rings. The molecule has 0 spiro atoms. The van der Waals surface area contributed by atoms with Gasteiger partial charge >= 0.3 is 0 Å². The van der Waals surface area contributed by atoms with Crippen LogP contribution >= 0.6 is 0 Å². The zero-order valence-electron chi connectivity index (χ0n) is 11.6. The molecule has 0 radical (unpaired) electrons. The summed E-state index contributed by atoms with van der Waals surface area (Å²) >= 11 is 0. The Bertz CT molecular complexity index is 687. The molecule has 2 nitrogen and oxygen atoms in total. The lowest BCUT2D eigenvalue weighted by atomic mass is 10.1.